The Hall–Kier alpha value is -1.16. The normalized spacial score (nSPS) is 11.3. The van der Waals surface area contributed by atoms with Crippen molar-refractivity contribution in [2.75, 3.05) is 20.1 Å². The number of aliphatic imine (C=N–C) groups is 1. The van der Waals surface area contributed by atoms with Gasteiger partial charge in [0.2, 0.25) is 0 Å². The number of guanidine groups is 1. The van der Waals surface area contributed by atoms with E-state index in [9.17, 15) is 0 Å². The molecule has 0 bridgehead atoms. The summed E-state index contributed by atoms with van der Waals surface area (Å²) in [7, 11) is 3.78. The summed E-state index contributed by atoms with van der Waals surface area (Å²) in [5.74, 6) is 0.831. The second-order valence-corrected chi connectivity index (χ2v) is 6.88. The fourth-order valence-corrected chi connectivity index (χ4v) is 3.30. The molecule has 0 saturated carbocycles. The van der Waals surface area contributed by atoms with Crippen LogP contribution in [0.15, 0.2) is 11.2 Å². The van der Waals surface area contributed by atoms with E-state index in [1.807, 2.05) is 17.9 Å². The summed E-state index contributed by atoms with van der Waals surface area (Å²) >= 11 is 1.75. The van der Waals surface area contributed by atoms with Crippen molar-refractivity contribution in [2.24, 2.45) is 12.0 Å². The van der Waals surface area contributed by atoms with E-state index in [1.165, 1.54) is 16.1 Å². The molecule has 2 aromatic heterocycles. The summed E-state index contributed by atoms with van der Waals surface area (Å²) in [5.41, 5.74) is 3.65. The third kappa shape index (κ3) is 5.73. The zero-order valence-corrected chi connectivity index (χ0v) is 18.2. The molecule has 24 heavy (non-hydrogen) atoms. The molecule has 0 aliphatic carbocycles. The van der Waals surface area contributed by atoms with Gasteiger partial charge in [-0.15, -0.1) is 35.3 Å². The van der Waals surface area contributed by atoms with Gasteiger partial charge in [0.25, 0.3) is 0 Å². The smallest absolute Gasteiger partial charge is 0.191 e. The molecule has 0 aliphatic heterocycles. The second kappa shape index (κ2) is 9.97. The minimum absolute atomic E-state index is 0. The van der Waals surface area contributed by atoms with E-state index in [4.69, 9.17) is 0 Å². The van der Waals surface area contributed by atoms with Crippen LogP contribution < -0.4 is 10.6 Å². The number of hydrogen-bond donors (Lipinski definition) is 2. The van der Waals surface area contributed by atoms with E-state index < -0.39 is 0 Å². The van der Waals surface area contributed by atoms with E-state index >= 15 is 0 Å². The van der Waals surface area contributed by atoms with Gasteiger partial charge < -0.3 is 10.6 Å². The molecule has 134 valence electrons. The van der Waals surface area contributed by atoms with E-state index in [0.717, 1.165) is 42.6 Å². The molecule has 0 saturated heterocycles. The highest BCUT2D eigenvalue weighted by atomic mass is 127. The van der Waals surface area contributed by atoms with Crippen LogP contribution in [0.3, 0.4) is 0 Å². The molecular weight excluding hydrogens is 435 g/mol. The van der Waals surface area contributed by atoms with Gasteiger partial charge in [-0.05, 0) is 32.8 Å². The number of rotatable bonds is 6. The van der Waals surface area contributed by atoms with Crippen LogP contribution in [0.5, 0.6) is 0 Å². The standard InChI is InChI=1S/C16H26N6S.HI/c1-11-10-20-15(23-11)7-9-19-16(17-4)18-8-6-14-12(2)21-22(5)13(14)3;/h10H,6-9H2,1-5H3,(H2,17,18,19);1H. The van der Waals surface area contributed by atoms with Crippen molar-refractivity contribution in [3.63, 3.8) is 0 Å². The molecule has 0 atom stereocenters. The molecule has 2 aromatic rings. The number of aromatic nitrogens is 3. The van der Waals surface area contributed by atoms with Crippen molar-refractivity contribution in [2.45, 2.75) is 33.6 Å². The minimum Gasteiger partial charge on any atom is -0.356 e. The Morgan fingerprint density at radius 2 is 1.88 bits per heavy atom. The van der Waals surface area contributed by atoms with Crippen LogP contribution in [0.4, 0.5) is 0 Å². The SMILES string of the molecule is CN=C(NCCc1ncc(C)s1)NCCc1c(C)nn(C)c1C.I. The first-order chi connectivity index (χ1) is 11.0. The molecule has 2 heterocycles. The Labute approximate surface area is 165 Å². The lowest BCUT2D eigenvalue weighted by molar-refractivity contribution is 0.728. The van der Waals surface area contributed by atoms with Gasteiger partial charge in [-0.25, -0.2) is 4.98 Å². The van der Waals surface area contributed by atoms with Gasteiger partial charge in [-0.2, -0.15) is 5.10 Å². The molecule has 6 nitrogen and oxygen atoms in total. The van der Waals surface area contributed by atoms with E-state index in [2.05, 4.69) is 46.5 Å². The first-order valence-electron chi connectivity index (χ1n) is 7.86. The van der Waals surface area contributed by atoms with Crippen LogP contribution in [0.2, 0.25) is 0 Å². The first kappa shape index (κ1) is 20.9. The van der Waals surface area contributed by atoms with Crippen molar-refractivity contribution in [3.05, 3.63) is 33.0 Å². The molecule has 8 heteroatoms. The number of hydrogen-bond acceptors (Lipinski definition) is 4. The zero-order valence-electron chi connectivity index (χ0n) is 15.0. The van der Waals surface area contributed by atoms with Gasteiger partial charge in [-0.1, -0.05) is 0 Å². The lowest BCUT2D eigenvalue weighted by atomic mass is 10.1. The monoisotopic (exact) mass is 462 g/mol. The van der Waals surface area contributed by atoms with Crippen molar-refractivity contribution in [3.8, 4) is 0 Å². The first-order valence-corrected chi connectivity index (χ1v) is 8.67. The van der Waals surface area contributed by atoms with E-state index in [1.54, 1.807) is 18.4 Å². The fourth-order valence-electron chi connectivity index (χ4n) is 2.51. The molecule has 0 amide bonds. The van der Waals surface area contributed by atoms with Crippen LogP contribution in [-0.4, -0.2) is 40.9 Å². The molecule has 0 fully saturated rings. The summed E-state index contributed by atoms with van der Waals surface area (Å²) in [6.07, 6.45) is 3.78. The van der Waals surface area contributed by atoms with E-state index in [0.29, 0.717) is 0 Å². The predicted octanol–water partition coefficient (Wildman–Crippen LogP) is 2.37. The van der Waals surface area contributed by atoms with Gasteiger partial charge >= 0.3 is 0 Å². The Kier molecular flexibility index (Phi) is 8.68. The lowest BCUT2D eigenvalue weighted by Gasteiger charge is -2.11. The lowest BCUT2D eigenvalue weighted by Crippen LogP contribution is -2.39. The largest absolute Gasteiger partial charge is 0.356 e. The Bertz CT molecular complexity index is 676. The van der Waals surface area contributed by atoms with Crippen molar-refractivity contribution in [1.82, 2.24) is 25.4 Å². The maximum absolute atomic E-state index is 4.45. The summed E-state index contributed by atoms with van der Waals surface area (Å²) < 4.78 is 1.94. The van der Waals surface area contributed by atoms with Crippen molar-refractivity contribution < 1.29 is 0 Å². The van der Waals surface area contributed by atoms with Gasteiger partial charge in [0.1, 0.15) is 0 Å². The Balaban J connectivity index is 0.00000288. The molecule has 2 N–H and O–H groups in total. The predicted molar refractivity (Wildman–Crippen MR) is 112 cm³/mol. The highest BCUT2D eigenvalue weighted by Gasteiger charge is 2.09. The van der Waals surface area contributed by atoms with Gasteiger partial charge in [0.15, 0.2) is 5.96 Å². The third-order valence-electron chi connectivity index (χ3n) is 3.85. The van der Waals surface area contributed by atoms with Crippen LogP contribution >= 0.6 is 35.3 Å². The van der Waals surface area contributed by atoms with Gasteiger partial charge in [0.05, 0.1) is 10.7 Å². The summed E-state index contributed by atoms with van der Waals surface area (Å²) in [5, 5.41) is 12.3. The van der Waals surface area contributed by atoms with Gasteiger partial charge in [-0.3, -0.25) is 9.67 Å². The number of nitrogens with zero attached hydrogens (tertiary/aromatic N) is 4. The third-order valence-corrected chi connectivity index (χ3v) is 4.82. The van der Waals surface area contributed by atoms with Crippen molar-refractivity contribution in [1.29, 1.82) is 0 Å². The maximum Gasteiger partial charge on any atom is 0.191 e. The maximum atomic E-state index is 4.45. The summed E-state index contributed by atoms with van der Waals surface area (Å²) in [6.45, 7) is 7.92. The molecule has 0 spiro atoms. The molecule has 0 aliphatic rings. The topological polar surface area (TPSA) is 67.1 Å². The minimum atomic E-state index is 0. The molecule has 0 aromatic carbocycles. The number of thiazole rings is 1. The summed E-state index contributed by atoms with van der Waals surface area (Å²) in [6, 6.07) is 0. The molecule has 0 unspecified atom stereocenters. The summed E-state index contributed by atoms with van der Waals surface area (Å²) in [4.78, 5) is 9.89. The Morgan fingerprint density at radius 3 is 2.38 bits per heavy atom. The molecular formula is C16H27IN6S. The second-order valence-electron chi connectivity index (χ2n) is 5.56. The number of nitrogens with one attached hydrogen (secondary N) is 2. The number of aryl methyl sites for hydroxylation is 3. The van der Waals surface area contributed by atoms with Crippen LogP contribution in [0.1, 0.15) is 26.8 Å². The molecule has 0 radical (unpaired) electrons. The number of halogens is 1. The molecule has 2 rings (SSSR count). The van der Waals surface area contributed by atoms with Gasteiger partial charge in [0, 0.05) is 50.4 Å². The van der Waals surface area contributed by atoms with Crippen LogP contribution in [0.25, 0.3) is 0 Å². The van der Waals surface area contributed by atoms with Crippen molar-refractivity contribution >= 4 is 41.3 Å². The zero-order chi connectivity index (χ0) is 16.8. The highest BCUT2D eigenvalue weighted by molar-refractivity contribution is 14.0. The highest BCUT2D eigenvalue weighted by Crippen LogP contribution is 2.12. The quantitative estimate of drug-likeness (QED) is 0.393. The van der Waals surface area contributed by atoms with Crippen LogP contribution in [0, 0.1) is 20.8 Å². The van der Waals surface area contributed by atoms with Crippen LogP contribution in [-0.2, 0) is 19.9 Å². The average Bonchev–Trinajstić information content (AvgIpc) is 3.03. The Morgan fingerprint density at radius 1 is 1.21 bits per heavy atom. The fraction of sp³-hybridized carbons (Fsp3) is 0.562. The van der Waals surface area contributed by atoms with E-state index in [-0.39, 0.29) is 24.0 Å². The average molecular weight is 462 g/mol.